The van der Waals surface area contributed by atoms with Crippen LogP contribution >= 0.6 is 11.6 Å². The molecule has 3 nitrogen and oxygen atoms in total. The van der Waals surface area contributed by atoms with E-state index in [2.05, 4.69) is 11.1 Å². The Hall–Kier alpha value is -2.26. The standard InChI is InChI=1S/C19H19ClN2O/c1-22(13-14-5-4-6-16(20)11-14)19(23)10-9-15-12-21-18-8-3-2-7-17(15)18/h2-8,11-12,21H,9-10,13H2,1H3. The molecule has 2 aromatic carbocycles. The van der Waals surface area contributed by atoms with Crippen LogP contribution in [0.2, 0.25) is 5.02 Å². The molecule has 0 bridgehead atoms. The minimum Gasteiger partial charge on any atom is -0.361 e. The molecule has 4 heteroatoms. The zero-order valence-electron chi connectivity index (χ0n) is 13.1. The highest BCUT2D eigenvalue weighted by Crippen LogP contribution is 2.19. The number of amides is 1. The minimum absolute atomic E-state index is 0.134. The number of aryl methyl sites for hydroxylation is 1. The Balaban J connectivity index is 1.60. The van der Waals surface area contributed by atoms with Crippen molar-refractivity contribution < 1.29 is 4.79 Å². The van der Waals surface area contributed by atoms with Crippen LogP contribution in [0.1, 0.15) is 17.5 Å². The summed E-state index contributed by atoms with van der Waals surface area (Å²) in [6.07, 6.45) is 3.23. The van der Waals surface area contributed by atoms with Crippen LogP contribution in [0.5, 0.6) is 0 Å². The van der Waals surface area contributed by atoms with Crippen molar-refractivity contribution in [3.05, 3.63) is 70.9 Å². The number of carbonyl (C=O) groups excluding carboxylic acids is 1. The Labute approximate surface area is 140 Å². The van der Waals surface area contributed by atoms with Gasteiger partial charge in [0.15, 0.2) is 0 Å². The molecule has 1 heterocycles. The molecule has 0 aliphatic rings. The van der Waals surface area contributed by atoms with E-state index in [1.807, 2.05) is 55.7 Å². The molecule has 0 aliphatic heterocycles. The number of benzene rings is 2. The molecule has 1 aromatic heterocycles. The maximum Gasteiger partial charge on any atom is 0.222 e. The monoisotopic (exact) mass is 326 g/mol. The highest BCUT2D eigenvalue weighted by molar-refractivity contribution is 6.30. The lowest BCUT2D eigenvalue weighted by molar-refractivity contribution is -0.130. The van der Waals surface area contributed by atoms with E-state index < -0.39 is 0 Å². The average molecular weight is 327 g/mol. The molecule has 23 heavy (non-hydrogen) atoms. The van der Waals surface area contributed by atoms with E-state index in [1.165, 1.54) is 10.9 Å². The molecule has 1 N–H and O–H groups in total. The Morgan fingerprint density at radius 2 is 2.00 bits per heavy atom. The van der Waals surface area contributed by atoms with E-state index in [0.29, 0.717) is 18.0 Å². The summed E-state index contributed by atoms with van der Waals surface area (Å²) in [5.41, 5.74) is 3.34. The van der Waals surface area contributed by atoms with Crippen molar-refractivity contribution in [1.82, 2.24) is 9.88 Å². The molecule has 0 aliphatic carbocycles. The van der Waals surface area contributed by atoms with Crippen molar-refractivity contribution in [3.63, 3.8) is 0 Å². The number of halogens is 1. The van der Waals surface area contributed by atoms with Crippen LogP contribution in [-0.4, -0.2) is 22.8 Å². The van der Waals surface area contributed by atoms with Crippen LogP contribution in [-0.2, 0) is 17.8 Å². The van der Waals surface area contributed by atoms with Gasteiger partial charge in [0, 0.05) is 42.1 Å². The molecule has 1 amide bonds. The van der Waals surface area contributed by atoms with Gasteiger partial charge in [0.05, 0.1) is 0 Å². The Morgan fingerprint density at radius 1 is 1.17 bits per heavy atom. The van der Waals surface area contributed by atoms with Gasteiger partial charge in [0.25, 0.3) is 0 Å². The Morgan fingerprint density at radius 3 is 2.83 bits per heavy atom. The number of hydrogen-bond donors (Lipinski definition) is 1. The van der Waals surface area contributed by atoms with Gasteiger partial charge in [-0.25, -0.2) is 0 Å². The quantitative estimate of drug-likeness (QED) is 0.740. The first-order valence-corrected chi connectivity index (χ1v) is 8.04. The largest absolute Gasteiger partial charge is 0.361 e. The maximum atomic E-state index is 12.3. The lowest BCUT2D eigenvalue weighted by Crippen LogP contribution is -2.26. The normalized spacial score (nSPS) is 10.9. The fourth-order valence-electron chi connectivity index (χ4n) is 2.77. The molecule has 118 valence electrons. The average Bonchev–Trinajstić information content (AvgIpc) is 2.96. The van der Waals surface area contributed by atoms with E-state index in [0.717, 1.165) is 17.5 Å². The first kappa shape index (κ1) is 15.6. The topological polar surface area (TPSA) is 36.1 Å². The second-order valence-electron chi connectivity index (χ2n) is 5.74. The Kier molecular flexibility index (Phi) is 4.68. The van der Waals surface area contributed by atoms with Gasteiger partial charge >= 0.3 is 0 Å². The summed E-state index contributed by atoms with van der Waals surface area (Å²) in [5, 5.41) is 1.89. The van der Waals surface area contributed by atoms with E-state index in [9.17, 15) is 4.79 Å². The number of H-pyrrole nitrogens is 1. The van der Waals surface area contributed by atoms with Gasteiger partial charge in [-0.3, -0.25) is 4.79 Å². The second-order valence-corrected chi connectivity index (χ2v) is 6.18. The van der Waals surface area contributed by atoms with Crippen LogP contribution < -0.4 is 0 Å². The number of aromatic nitrogens is 1. The van der Waals surface area contributed by atoms with E-state index in [4.69, 9.17) is 11.6 Å². The Bertz CT molecular complexity index is 825. The third kappa shape index (κ3) is 3.74. The first-order chi connectivity index (χ1) is 11.1. The number of aromatic amines is 1. The molecule has 0 saturated heterocycles. The summed E-state index contributed by atoms with van der Waals surface area (Å²) in [4.78, 5) is 17.3. The minimum atomic E-state index is 0.134. The van der Waals surface area contributed by atoms with Crippen LogP contribution in [0.3, 0.4) is 0 Å². The number of hydrogen-bond acceptors (Lipinski definition) is 1. The van der Waals surface area contributed by atoms with Gasteiger partial charge in [0.2, 0.25) is 5.91 Å². The summed E-state index contributed by atoms with van der Waals surface area (Å²) in [6.45, 7) is 0.577. The highest BCUT2D eigenvalue weighted by atomic mass is 35.5. The van der Waals surface area contributed by atoms with Gasteiger partial charge in [-0.1, -0.05) is 41.9 Å². The highest BCUT2D eigenvalue weighted by Gasteiger charge is 2.11. The van der Waals surface area contributed by atoms with Crippen LogP contribution in [0.15, 0.2) is 54.7 Å². The second kappa shape index (κ2) is 6.88. The summed E-state index contributed by atoms with van der Waals surface area (Å²) in [7, 11) is 1.83. The van der Waals surface area contributed by atoms with Crippen molar-refractivity contribution in [2.75, 3.05) is 7.05 Å². The number of para-hydroxylation sites is 1. The molecule has 3 aromatic rings. The van der Waals surface area contributed by atoms with Crippen molar-refractivity contribution in [2.45, 2.75) is 19.4 Å². The van der Waals surface area contributed by atoms with E-state index in [-0.39, 0.29) is 5.91 Å². The molecule has 0 saturated carbocycles. The third-order valence-corrected chi connectivity index (χ3v) is 4.25. The van der Waals surface area contributed by atoms with Gasteiger partial charge in [0.1, 0.15) is 0 Å². The molecular weight excluding hydrogens is 308 g/mol. The fourth-order valence-corrected chi connectivity index (χ4v) is 2.98. The first-order valence-electron chi connectivity index (χ1n) is 7.67. The molecule has 0 radical (unpaired) electrons. The fraction of sp³-hybridized carbons (Fsp3) is 0.211. The molecule has 3 rings (SSSR count). The number of nitrogens with one attached hydrogen (secondary N) is 1. The van der Waals surface area contributed by atoms with Crippen molar-refractivity contribution >= 4 is 28.4 Å². The zero-order chi connectivity index (χ0) is 16.2. The van der Waals surface area contributed by atoms with E-state index >= 15 is 0 Å². The maximum absolute atomic E-state index is 12.3. The number of nitrogens with zero attached hydrogens (tertiary/aromatic N) is 1. The molecule has 0 unspecified atom stereocenters. The summed E-state index contributed by atoms with van der Waals surface area (Å²) in [6, 6.07) is 15.8. The lowest BCUT2D eigenvalue weighted by Gasteiger charge is -2.17. The summed E-state index contributed by atoms with van der Waals surface area (Å²) < 4.78 is 0. The van der Waals surface area contributed by atoms with Crippen molar-refractivity contribution in [3.8, 4) is 0 Å². The predicted molar refractivity (Wildman–Crippen MR) is 94.5 cm³/mol. The van der Waals surface area contributed by atoms with Crippen LogP contribution in [0.4, 0.5) is 0 Å². The van der Waals surface area contributed by atoms with Gasteiger partial charge in [-0.05, 0) is 35.7 Å². The number of fused-ring (bicyclic) bond motifs is 1. The predicted octanol–water partition coefficient (Wildman–Crippen LogP) is 4.41. The smallest absolute Gasteiger partial charge is 0.222 e. The van der Waals surface area contributed by atoms with E-state index in [1.54, 1.807) is 4.90 Å². The molecule has 0 atom stereocenters. The molecule has 0 fully saturated rings. The van der Waals surface area contributed by atoms with Crippen LogP contribution in [0.25, 0.3) is 10.9 Å². The van der Waals surface area contributed by atoms with Gasteiger partial charge in [-0.15, -0.1) is 0 Å². The number of carbonyl (C=O) groups is 1. The molecular formula is C19H19ClN2O. The van der Waals surface area contributed by atoms with Gasteiger partial charge in [-0.2, -0.15) is 0 Å². The number of rotatable bonds is 5. The van der Waals surface area contributed by atoms with Crippen molar-refractivity contribution in [1.29, 1.82) is 0 Å². The molecule has 0 spiro atoms. The summed E-state index contributed by atoms with van der Waals surface area (Å²) in [5.74, 6) is 0.134. The summed E-state index contributed by atoms with van der Waals surface area (Å²) >= 11 is 5.99. The zero-order valence-corrected chi connectivity index (χ0v) is 13.8. The third-order valence-electron chi connectivity index (χ3n) is 4.02. The van der Waals surface area contributed by atoms with Crippen LogP contribution in [0, 0.1) is 0 Å². The lowest BCUT2D eigenvalue weighted by atomic mass is 10.1. The SMILES string of the molecule is CN(Cc1cccc(Cl)c1)C(=O)CCc1c[nH]c2ccccc12. The van der Waals surface area contributed by atoms with Gasteiger partial charge < -0.3 is 9.88 Å². The van der Waals surface area contributed by atoms with Crippen molar-refractivity contribution in [2.24, 2.45) is 0 Å².